The molecular formula is C13H18BrNOS. The molecular weight excluding hydrogens is 298 g/mol. The van der Waals surface area contributed by atoms with Gasteiger partial charge in [0.1, 0.15) is 0 Å². The number of thioether (sulfide) groups is 1. The Labute approximate surface area is 116 Å². The van der Waals surface area contributed by atoms with E-state index in [4.69, 9.17) is 0 Å². The van der Waals surface area contributed by atoms with Crippen LogP contribution in [0.2, 0.25) is 0 Å². The highest BCUT2D eigenvalue weighted by Gasteiger charge is 2.17. The smallest absolute Gasteiger partial charge is 0.253 e. The molecule has 0 heterocycles. The van der Waals surface area contributed by atoms with E-state index >= 15 is 0 Å². The fraction of sp³-hybridized carbons (Fsp3) is 0.462. The Morgan fingerprint density at radius 2 is 2.18 bits per heavy atom. The average Bonchev–Trinajstić information content (AvgIpc) is 2.31. The lowest BCUT2D eigenvalue weighted by Crippen LogP contribution is -2.36. The minimum absolute atomic E-state index is 0.0853. The average molecular weight is 316 g/mol. The van der Waals surface area contributed by atoms with Gasteiger partial charge in [0, 0.05) is 28.9 Å². The van der Waals surface area contributed by atoms with Crippen molar-refractivity contribution in [1.29, 1.82) is 0 Å². The third-order valence-corrected chi connectivity index (χ3v) is 4.50. The van der Waals surface area contributed by atoms with Gasteiger partial charge in [-0.15, -0.1) is 0 Å². The lowest BCUT2D eigenvalue weighted by atomic mass is 10.1. The molecule has 0 fully saturated rings. The summed E-state index contributed by atoms with van der Waals surface area (Å²) >= 11 is 5.20. The zero-order valence-electron chi connectivity index (χ0n) is 10.7. The van der Waals surface area contributed by atoms with Crippen LogP contribution >= 0.6 is 27.7 Å². The monoisotopic (exact) mass is 315 g/mol. The summed E-state index contributed by atoms with van der Waals surface area (Å²) < 4.78 is 1.04. The second-order valence-electron chi connectivity index (χ2n) is 4.18. The molecule has 1 amide bonds. The van der Waals surface area contributed by atoms with E-state index < -0.39 is 0 Å². The molecule has 4 heteroatoms. The maximum Gasteiger partial charge on any atom is 0.253 e. The molecule has 1 rings (SSSR count). The van der Waals surface area contributed by atoms with Crippen molar-refractivity contribution >= 4 is 33.6 Å². The number of carbonyl (C=O) groups is 1. The molecule has 1 unspecified atom stereocenters. The van der Waals surface area contributed by atoms with Crippen LogP contribution in [0.4, 0.5) is 0 Å². The predicted octanol–water partition coefficient (Wildman–Crippen LogP) is 3.58. The lowest BCUT2D eigenvalue weighted by molar-refractivity contribution is 0.0757. The summed E-state index contributed by atoms with van der Waals surface area (Å²) in [5.74, 6) is 1.04. The van der Waals surface area contributed by atoms with E-state index in [1.807, 2.05) is 32.2 Å². The second kappa shape index (κ2) is 6.45. The standard InChI is InChI=1S/C13H18BrNOS/c1-9-7-11(5-6-12(9)14)13(16)15(3)10(2)8-17-4/h5-7,10H,8H2,1-4H3. The van der Waals surface area contributed by atoms with Crippen LogP contribution in [0.25, 0.3) is 0 Å². The van der Waals surface area contributed by atoms with Gasteiger partial charge < -0.3 is 4.90 Å². The topological polar surface area (TPSA) is 20.3 Å². The second-order valence-corrected chi connectivity index (χ2v) is 5.95. The van der Waals surface area contributed by atoms with Gasteiger partial charge in [0.25, 0.3) is 5.91 Å². The van der Waals surface area contributed by atoms with Crippen molar-refractivity contribution in [1.82, 2.24) is 4.90 Å². The number of hydrogen-bond donors (Lipinski definition) is 0. The first-order valence-corrected chi connectivity index (χ1v) is 7.68. The molecule has 0 aliphatic heterocycles. The van der Waals surface area contributed by atoms with Gasteiger partial charge in [-0.2, -0.15) is 11.8 Å². The minimum Gasteiger partial charge on any atom is -0.338 e. The highest BCUT2D eigenvalue weighted by Crippen LogP contribution is 2.18. The van der Waals surface area contributed by atoms with Gasteiger partial charge in [-0.25, -0.2) is 0 Å². The highest BCUT2D eigenvalue weighted by molar-refractivity contribution is 9.10. The molecule has 1 aromatic rings. The van der Waals surface area contributed by atoms with Crippen molar-refractivity contribution in [3.63, 3.8) is 0 Å². The molecule has 17 heavy (non-hydrogen) atoms. The molecule has 0 saturated carbocycles. The number of hydrogen-bond acceptors (Lipinski definition) is 2. The molecule has 0 aliphatic rings. The van der Waals surface area contributed by atoms with Gasteiger partial charge in [-0.05, 0) is 43.9 Å². The summed E-state index contributed by atoms with van der Waals surface area (Å²) in [5.41, 5.74) is 1.84. The summed E-state index contributed by atoms with van der Waals surface area (Å²) in [6, 6.07) is 5.97. The van der Waals surface area contributed by atoms with Crippen LogP contribution in [0.15, 0.2) is 22.7 Å². The lowest BCUT2D eigenvalue weighted by Gasteiger charge is -2.24. The number of amides is 1. The van der Waals surface area contributed by atoms with Gasteiger partial charge in [0.15, 0.2) is 0 Å². The maximum absolute atomic E-state index is 12.2. The third kappa shape index (κ3) is 3.75. The molecule has 0 saturated heterocycles. The highest BCUT2D eigenvalue weighted by atomic mass is 79.9. The zero-order valence-corrected chi connectivity index (χ0v) is 13.1. The Balaban J connectivity index is 2.85. The van der Waals surface area contributed by atoms with Crippen LogP contribution in [0.3, 0.4) is 0 Å². The molecule has 94 valence electrons. The summed E-state index contributed by atoms with van der Waals surface area (Å²) in [7, 11) is 1.86. The molecule has 1 atom stereocenters. The van der Waals surface area contributed by atoms with Crippen molar-refractivity contribution < 1.29 is 4.79 Å². The molecule has 0 N–H and O–H groups in total. The normalized spacial score (nSPS) is 12.3. The van der Waals surface area contributed by atoms with E-state index in [-0.39, 0.29) is 11.9 Å². The van der Waals surface area contributed by atoms with Gasteiger partial charge in [0.05, 0.1) is 0 Å². The summed E-state index contributed by atoms with van der Waals surface area (Å²) in [6.45, 7) is 4.06. The molecule has 1 aromatic carbocycles. The van der Waals surface area contributed by atoms with E-state index in [0.29, 0.717) is 0 Å². The predicted molar refractivity (Wildman–Crippen MR) is 78.8 cm³/mol. The number of nitrogens with zero attached hydrogens (tertiary/aromatic N) is 1. The van der Waals surface area contributed by atoms with Crippen molar-refractivity contribution in [3.8, 4) is 0 Å². The number of halogens is 1. The molecule has 0 bridgehead atoms. The largest absolute Gasteiger partial charge is 0.338 e. The Kier molecular flexibility index (Phi) is 5.53. The number of carbonyl (C=O) groups excluding carboxylic acids is 1. The Morgan fingerprint density at radius 1 is 1.53 bits per heavy atom. The van der Waals surface area contributed by atoms with Crippen LogP contribution in [0.5, 0.6) is 0 Å². The van der Waals surface area contributed by atoms with Crippen LogP contribution in [-0.2, 0) is 0 Å². The SMILES string of the molecule is CSCC(C)N(C)C(=O)c1ccc(Br)c(C)c1. The molecule has 0 radical (unpaired) electrons. The quantitative estimate of drug-likeness (QED) is 0.846. The first-order chi connectivity index (χ1) is 7.97. The van der Waals surface area contributed by atoms with Gasteiger partial charge in [0.2, 0.25) is 0 Å². The van der Waals surface area contributed by atoms with Crippen LogP contribution in [0, 0.1) is 6.92 Å². The fourth-order valence-electron chi connectivity index (χ4n) is 1.53. The Hall–Kier alpha value is -0.480. The summed E-state index contributed by atoms with van der Waals surface area (Å²) in [5, 5.41) is 0. The zero-order chi connectivity index (χ0) is 13.0. The van der Waals surface area contributed by atoms with Crippen molar-refractivity contribution in [2.75, 3.05) is 19.1 Å². The van der Waals surface area contributed by atoms with Gasteiger partial charge in [-0.3, -0.25) is 4.79 Å². The van der Waals surface area contributed by atoms with Crippen molar-refractivity contribution in [2.45, 2.75) is 19.9 Å². The molecule has 0 spiro atoms. The maximum atomic E-state index is 12.2. The molecule has 2 nitrogen and oxygen atoms in total. The fourth-order valence-corrected chi connectivity index (χ4v) is 2.49. The third-order valence-electron chi connectivity index (χ3n) is 2.79. The molecule has 0 aromatic heterocycles. The van der Waals surface area contributed by atoms with Crippen LogP contribution in [-0.4, -0.2) is 35.9 Å². The number of rotatable bonds is 4. The van der Waals surface area contributed by atoms with Crippen LogP contribution in [0.1, 0.15) is 22.8 Å². The number of benzene rings is 1. The van der Waals surface area contributed by atoms with Crippen molar-refractivity contribution in [3.05, 3.63) is 33.8 Å². The summed E-state index contributed by atoms with van der Waals surface area (Å²) in [6.07, 6.45) is 2.05. The van der Waals surface area contributed by atoms with Crippen molar-refractivity contribution in [2.24, 2.45) is 0 Å². The first-order valence-electron chi connectivity index (χ1n) is 5.49. The van der Waals surface area contributed by atoms with Gasteiger partial charge in [-0.1, -0.05) is 15.9 Å². The van der Waals surface area contributed by atoms with E-state index in [9.17, 15) is 4.79 Å². The Bertz CT molecular complexity index is 408. The van der Waals surface area contributed by atoms with E-state index in [1.54, 1.807) is 16.7 Å². The Morgan fingerprint density at radius 3 is 2.71 bits per heavy atom. The molecule has 0 aliphatic carbocycles. The summed E-state index contributed by atoms with van der Waals surface area (Å²) in [4.78, 5) is 14.0. The first kappa shape index (κ1) is 14.6. The number of aryl methyl sites for hydroxylation is 1. The minimum atomic E-state index is 0.0853. The van der Waals surface area contributed by atoms with Crippen LogP contribution < -0.4 is 0 Å². The van der Waals surface area contributed by atoms with Gasteiger partial charge >= 0.3 is 0 Å². The van der Waals surface area contributed by atoms with E-state index in [2.05, 4.69) is 29.1 Å². The van der Waals surface area contributed by atoms with E-state index in [0.717, 1.165) is 21.4 Å². The van der Waals surface area contributed by atoms with E-state index in [1.165, 1.54) is 0 Å².